The van der Waals surface area contributed by atoms with Crippen molar-refractivity contribution in [2.24, 2.45) is 5.73 Å². The number of halogens is 1. The number of thioether (sulfide) groups is 1. The molecule has 112 valence electrons. The van der Waals surface area contributed by atoms with E-state index in [0.29, 0.717) is 4.90 Å². The van der Waals surface area contributed by atoms with Gasteiger partial charge in [0.15, 0.2) is 0 Å². The van der Waals surface area contributed by atoms with Crippen LogP contribution in [0.5, 0.6) is 5.75 Å². The summed E-state index contributed by atoms with van der Waals surface area (Å²) in [5.41, 5.74) is 7.35. The molecular weight excluding hydrogens is 285 g/mol. The van der Waals surface area contributed by atoms with Crippen LogP contribution in [-0.4, -0.2) is 18.9 Å². The van der Waals surface area contributed by atoms with Gasteiger partial charge < -0.3 is 10.5 Å². The number of aryl methyl sites for hydroxylation is 1. The molecule has 0 saturated heterocycles. The van der Waals surface area contributed by atoms with E-state index in [0.717, 1.165) is 24.3 Å². The second-order valence-electron chi connectivity index (χ2n) is 4.89. The third-order valence-electron chi connectivity index (χ3n) is 3.25. The highest BCUT2D eigenvalue weighted by Gasteiger charge is 2.07. The minimum atomic E-state index is -0.176. The van der Waals surface area contributed by atoms with Crippen molar-refractivity contribution in [2.45, 2.75) is 23.8 Å². The maximum atomic E-state index is 13.5. The van der Waals surface area contributed by atoms with Gasteiger partial charge in [0.05, 0.1) is 7.11 Å². The maximum absolute atomic E-state index is 13.5. The highest BCUT2D eigenvalue weighted by Crippen LogP contribution is 2.22. The van der Waals surface area contributed by atoms with Gasteiger partial charge in [0.25, 0.3) is 0 Å². The van der Waals surface area contributed by atoms with Crippen LogP contribution in [0.25, 0.3) is 0 Å². The number of rotatable bonds is 7. The second-order valence-corrected chi connectivity index (χ2v) is 5.95. The minimum absolute atomic E-state index is 0.0525. The van der Waals surface area contributed by atoms with Crippen LogP contribution >= 0.6 is 11.8 Å². The minimum Gasteiger partial charge on any atom is -0.497 e. The van der Waals surface area contributed by atoms with Crippen molar-refractivity contribution in [3.63, 3.8) is 0 Å². The molecule has 0 fully saturated rings. The highest BCUT2D eigenvalue weighted by atomic mass is 32.2. The number of benzene rings is 2. The molecule has 0 radical (unpaired) electrons. The smallest absolute Gasteiger partial charge is 0.136 e. The van der Waals surface area contributed by atoms with Gasteiger partial charge in [0.1, 0.15) is 11.6 Å². The van der Waals surface area contributed by atoms with E-state index in [9.17, 15) is 4.39 Å². The first-order chi connectivity index (χ1) is 10.2. The molecule has 4 heteroatoms. The van der Waals surface area contributed by atoms with Crippen molar-refractivity contribution in [2.75, 3.05) is 12.9 Å². The standard InChI is InChI=1S/C17H20FNOS/c1-20-15-10-7-13(8-11-15)6-9-14(19)12-21-17-5-3-2-4-16(17)18/h2-5,7-8,10-11,14H,6,9,12,19H2,1H3. The van der Waals surface area contributed by atoms with E-state index in [1.54, 1.807) is 19.2 Å². The fourth-order valence-electron chi connectivity index (χ4n) is 1.99. The van der Waals surface area contributed by atoms with Gasteiger partial charge in [-0.3, -0.25) is 0 Å². The zero-order valence-corrected chi connectivity index (χ0v) is 12.9. The Hall–Kier alpha value is -1.52. The first-order valence-electron chi connectivity index (χ1n) is 6.95. The van der Waals surface area contributed by atoms with Crippen molar-refractivity contribution in [1.82, 2.24) is 0 Å². The summed E-state index contributed by atoms with van der Waals surface area (Å²) in [6.45, 7) is 0. The van der Waals surface area contributed by atoms with Crippen LogP contribution in [0.15, 0.2) is 53.4 Å². The molecule has 0 aliphatic carbocycles. The maximum Gasteiger partial charge on any atom is 0.136 e. The molecule has 2 N–H and O–H groups in total. The second kappa shape index (κ2) is 8.05. The molecule has 2 rings (SSSR count). The molecule has 0 aliphatic rings. The lowest BCUT2D eigenvalue weighted by atomic mass is 10.1. The Kier molecular flexibility index (Phi) is 6.08. The summed E-state index contributed by atoms with van der Waals surface area (Å²) in [6, 6.07) is 14.9. The molecule has 0 heterocycles. The monoisotopic (exact) mass is 305 g/mol. The van der Waals surface area contributed by atoms with Gasteiger partial charge in [0, 0.05) is 16.7 Å². The first kappa shape index (κ1) is 15.9. The number of hydrogen-bond acceptors (Lipinski definition) is 3. The van der Waals surface area contributed by atoms with Gasteiger partial charge in [-0.2, -0.15) is 0 Å². The lowest BCUT2D eigenvalue weighted by Crippen LogP contribution is -2.23. The Morgan fingerprint density at radius 1 is 1.14 bits per heavy atom. The third kappa shape index (κ3) is 5.06. The van der Waals surface area contributed by atoms with Crippen molar-refractivity contribution in [3.05, 3.63) is 59.9 Å². The van der Waals surface area contributed by atoms with Crippen LogP contribution in [0.2, 0.25) is 0 Å². The molecule has 2 aromatic carbocycles. The fraction of sp³-hybridized carbons (Fsp3) is 0.294. The summed E-state index contributed by atoms with van der Waals surface area (Å²) in [7, 11) is 1.66. The lowest BCUT2D eigenvalue weighted by molar-refractivity contribution is 0.414. The Bertz CT molecular complexity index is 559. The highest BCUT2D eigenvalue weighted by molar-refractivity contribution is 7.99. The van der Waals surface area contributed by atoms with Gasteiger partial charge in [-0.1, -0.05) is 24.3 Å². The Balaban J connectivity index is 1.76. The zero-order chi connectivity index (χ0) is 15.1. The van der Waals surface area contributed by atoms with Crippen LogP contribution in [0, 0.1) is 5.82 Å². The van der Waals surface area contributed by atoms with Crippen molar-refractivity contribution in [3.8, 4) is 5.75 Å². The SMILES string of the molecule is COc1ccc(CCC(N)CSc2ccccc2F)cc1. The Labute approximate surface area is 129 Å². The van der Waals surface area contributed by atoms with E-state index >= 15 is 0 Å². The zero-order valence-electron chi connectivity index (χ0n) is 12.1. The van der Waals surface area contributed by atoms with Crippen LogP contribution in [-0.2, 0) is 6.42 Å². The van der Waals surface area contributed by atoms with E-state index in [1.165, 1.54) is 23.4 Å². The average Bonchev–Trinajstić information content (AvgIpc) is 2.52. The molecule has 2 aromatic rings. The third-order valence-corrected chi connectivity index (χ3v) is 4.49. The first-order valence-corrected chi connectivity index (χ1v) is 7.93. The number of hydrogen-bond donors (Lipinski definition) is 1. The van der Waals surface area contributed by atoms with Gasteiger partial charge in [-0.05, 0) is 42.7 Å². The lowest BCUT2D eigenvalue weighted by Gasteiger charge is -2.12. The molecule has 0 bridgehead atoms. The van der Waals surface area contributed by atoms with Crippen molar-refractivity contribution < 1.29 is 9.13 Å². The van der Waals surface area contributed by atoms with Gasteiger partial charge >= 0.3 is 0 Å². The summed E-state index contributed by atoms with van der Waals surface area (Å²) in [5.74, 6) is 1.40. The predicted molar refractivity (Wildman–Crippen MR) is 86.4 cm³/mol. The number of nitrogens with two attached hydrogens (primary N) is 1. The Morgan fingerprint density at radius 3 is 2.52 bits per heavy atom. The topological polar surface area (TPSA) is 35.2 Å². The summed E-state index contributed by atoms with van der Waals surface area (Å²) in [6.07, 6.45) is 1.80. The van der Waals surface area contributed by atoms with Crippen LogP contribution < -0.4 is 10.5 Å². The largest absolute Gasteiger partial charge is 0.497 e. The normalized spacial score (nSPS) is 12.1. The summed E-state index contributed by atoms with van der Waals surface area (Å²) < 4.78 is 18.6. The van der Waals surface area contributed by atoms with E-state index < -0.39 is 0 Å². The van der Waals surface area contributed by atoms with E-state index in [-0.39, 0.29) is 11.9 Å². The van der Waals surface area contributed by atoms with Gasteiger partial charge in [-0.25, -0.2) is 4.39 Å². The summed E-state index contributed by atoms with van der Waals surface area (Å²) in [5, 5.41) is 0. The van der Waals surface area contributed by atoms with E-state index in [4.69, 9.17) is 10.5 Å². The molecule has 21 heavy (non-hydrogen) atoms. The van der Waals surface area contributed by atoms with Crippen molar-refractivity contribution >= 4 is 11.8 Å². The summed E-state index contributed by atoms with van der Waals surface area (Å²) in [4.78, 5) is 0.664. The molecule has 0 spiro atoms. The Morgan fingerprint density at radius 2 is 1.86 bits per heavy atom. The van der Waals surface area contributed by atoms with Crippen LogP contribution in [0.1, 0.15) is 12.0 Å². The van der Waals surface area contributed by atoms with Crippen LogP contribution in [0.4, 0.5) is 4.39 Å². The quantitative estimate of drug-likeness (QED) is 0.788. The number of methoxy groups -OCH3 is 1. The van der Waals surface area contributed by atoms with E-state index in [1.807, 2.05) is 18.2 Å². The van der Waals surface area contributed by atoms with Crippen LogP contribution in [0.3, 0.4) is 0 Å². The van der Waals surface area contributed by atoms with E-state index in [2.05, 4.69) is 12.1 Å². The summed E-state index contributed by atoms with van der Waals surface area (Å²) >= 11 is 1.48. The van der Waals surface area contributed by atoms with Crippen molar-refractivity contribution in [1.29, 1.82) is 0 Å². The van der Waals surface area contributed by atoms with Gasteiger partial charge in [0.2, 0.25) is 0 Å². The molecule has 2 nitrogen and oxygen atoms in total. The molecule has 0 aliphatic heterocycles. The fourth-order valence-corrected chi connectivity index (χ4v) is 2.93. The number of ether oxygens (including phenoxy) is 1. The predicted octanol–water partition coefficient (Wildman–Crippen LogP) is 3.89. The molecule has 1 unspecified atom stereocenters. The average molecular weight is 305 g/mol. The molecule has 0 aromatic heterocycles. The van der Waals surface area contributed by atoms with Gasteiger partial charge in [-0.15, -0.1) is 11.8 Å². The molecule has 1 atom stereocenters. The molecule has 0 saturated carbocycles. The molecular formula is C17H20FNOS. The molecule has 0 amide bonds.